The fraction of sp³-hybridized carbons (Fsp3) is 0.667. The minimum atomic E-state index is -0.437. The molecule has 1 aromatic heterocycles. The van der Waals surface area contributed by atoms with Crippen LogP contribution in [0.5, 0.6) is 0 Å². The maximum atomic E-state index is 11.9. The van der Waals surface area contributed by atoms with Crippen LogP contribution in [-0.4, -0.2) is 41.9 Å². The van der Waals surface area contributed by atoms with E-state index in [0.29, 0.717) is 19.0 Å². The minimum absolute atomic E-state index is 0.0150. The molecule has 1 saturated heterocycles. The number of aromatic amines is 1. The molecule has 100 valence electrons. The number of anilines is 1. The number of H-pyrrole nitrogens is 1. The Morgan fingerprint density at radius 3 is 2.89 bits per heavy atom. The van der Waals surface area contributed by atoms with Crippen molar-refractivity contribution in [1.82, 2.24) is 15.5 Å². The van der Waals surface area contributed by atoms with Gasteiger partial charge in [-0.2, -0.15) is 5.10 Å². The van der Waals surface area contributed by atoms with Crippen molar-refractivity contribution in [2.45, 2.75) is 32.3 Å². The maximum absolute atomic E-state index is 11.9. The summed E-state index contributed by atoms with van der Waals surface area (Å²) in [6.07, 6.45) is -0.437. The van der Waals surface area contributed by atoms with Crippen LogP contribution in [0.25, 0.3) is 0 Å². The Labute approximate surface area is 106 Å². The third-order valence-corrected chi connectivity index (χ3v) is 2.86. The third-order valence-electron chi connectivity index (χ3n) is 2.86. The average molecular weight is 252 g/mol. The summed E-state index contributed by atoms with van der Waals surface area (Å²) >= 11 is 0. The summed E-state index contributed by atoms with van der Waals surface area (Å²) in [5, 5.41) is 12.9. The lowest BCUT2D eigenvalue weighted by atomic mass is 9.92. The second kappa shape index (κ2) is 5.07. The van der Waals surface area contributed by atoms with E-state index < -0.39 is 6.10 Å². The van der Waals surface area contributed by atoms with Crippen LogP contribution in [-0.2, 0) is 14.9 Å². The van der Waals surface area contributed by atoms with Crippen molar-refractivity contribution < 1.29 is 9.53 Å². The van der Waals surface area contributed by atoms with Gasteiger partial charge in [0.1, 0.15) is 6.10 Å². The van der Waals surface area contributed by atoms with Crippen LogP contribution in [0.2, 0.25) is 0 Å². The number of nitrogens with one attached hydrogen (secondary N) is 3. The summed E-state index contributed by atoms with van der Waals surface area (Å²) in [5.74, 6) is 0.383. The van der Waals surface area contributed by atoms with Gasteiger partial charge in [-0.3, -0.25) is 9.89 Å². The van der Waals surface area contributed by atoms with Crippen molar-refractivity contribution in [3.8, 4) is 0 Å². The number of amides is 1. The fourth-order valence-corrected chi connectivity index (χ4v) is 1.71. The van der Waals surface area contributed by atoms with E-state index in [1.54, 1.807) is 0 Å². The predicted molar refractivity (Wildman–Crippen MR) is 68.5 cm³/mol. The molecule has 6 nitrogen and oxygen atoms in total. The molecule has 0 bridgehead atoms. The smallest absolute Gasteiger partial charge is 0.256 e. The highest BCUT2D eigenvalue weighted by atomic mass is 16.5. The van der Waals surface area contributed by atoms with E-state index in [9.17, 15) is 4.79 Å². The van der Waals surface area contributed by atoms with Gasteiger partial charge in [-0.1, -0.05) is 20.8 Å². The highest BCUT2D eigenvalue weighted by Gasteiger charge is 2.23. The Bertz CT molecular complexity index is 416. The molecule has 2 heterocycles. The minimum Gasteiger partial charge on any atom is -0.366 e. The summed E-state index contributed by atoms with van der Waals surface area (Å²) in [6.45, 7) is 8.15. The van der Waals surface area contributed by atoms with Crippen molar-refractivity contribution >= 4 is 11.7 Å². The van der Waals surface area contributed by atoms with Gasteiger partial charge in [0, 0.05) is 30.3 Å². The van der Waals surface area contributed by atoms with Gasteiger partial charge in [0.2, 0.25) is 0 Å². The Morgan fingerprint density at radius 2 is 2.33 bits per heavy atom. The second-order valence-corrected chi connectivity index (χ2v) is 5.47. The van der Waals surface area contributed by atoms with Crippen molar-refractivity contribution in [3.05, 3.63) is 11.8 Å². The summed E-state index contributed by atoms with van der Waals surface area (Å²) in [7, 11) is 0. The third kappa shape index (κ3) is 3.08. The molecule has 6 heteroatoms. The Kier molecular flexibility index (Phi) is 3.68. The van der Waals surface area contributed by atoms with E-state index in [-0.39, 0.29) is 11.3 Å². The number of morpholine rings is 1. The molecule has 1 aliphatic rings. The zero-order valence-corrected chi connectivity index (χ0v) is 11.0. The average Bonchev–Trinajstić information content (AvgIpc) is 2.78. The number of ether oxygens (including phenoxy) is 1. The molecule has 1 fully saturated rings. The SMILES string of the molecule is CC(C)(C)c1cc(NC(=O)C2CNCCO2)n[nH]1. The van der Waals surface area contributed by atoms with Crippen LogP contribution >= 0.6 is 0 Å². The van der Waals surface area contributed by atoms with Crippen LogP contribution in [0.3, 0.4) is 0 Å². The van der Waals surface area contributed by atoms with Crippen molar-refractivity contribution in [1.29, 1.82) is 0 Å². The Morgan fingerprint density at radius 1 is 1.56 bits per heavy atom. The van der Waals surface area contributed by atoms with Crippen LogP contribution in [0.15, 0.2) is 6.07 Å². The number of hydrogen-bond donors (Lipinski definition) is 3. The quantitative estimate of drug-likeness (QED) is 0.721. The lowest BCUT2D eigenvalue weighted by Crippen LogP contribution is -2.45. The van der Waals surface area contributed by atoms with Crippen LogP contribution in [0.1, 0.15) is 26.5 Å². The normalized spacial score (nSPS) is 20.7. The standard InChI is InChI=1S/C12H20N4O2/c1-12(2,3)9-6-10(16-15-9)14-11(17)8-7-13-4-5-18-8/h6,8,13H,4-5,7H2,1-3H3,(H2,14,15,16,17). The molecule has 3 N–H and O–H groups in total. The lowest BCUT2D eigenvalue weighted by Gasteiger charge is -2.22. The summed E-state index contributed by atoms with van der Waals surface area (Å²) < 4.78 is 5.37. The molecule has 2 rings (SSSR count). The van der Waals surface area contributed by atoms with Gasteiger partial charge in [-0.25, -0.2) is 0 Å². The first kappa shape index (κ1) is 13.0. The van der Waals surface area contributed by atoms with E-state index >= 15 is 0 Å². The van der Waals surface area contributed by atoms with Gasteiger partial charge >= 0.3 is 0 Å². The van der Waals surface area contributed by atoms with E-state index in [1.807, 2.05) is 6.07 Å². The molecule has 0 aliphatic carbocycles. The number of carbonyl (C=O) groups is 1. The van der Waals surface area contributed by atoms with Gasteiger partial charge in [0.25, 0.3) is 5.91 Å². The largest absolute Gasteiger partial charge is 0.366 e. The molecule has 18 heavy (non-hydrogen) atoms. The number of nitrogens with zero attached hydrogens (tertiary/aromatic N) is 1. The van der Waals surface area contributed by atoms with E-state index in [1.165, 1.54) is 0 Å². The van der Waals surface area contributed by atoms with Crippen molar-refractivity contribution in [2.24, 2.45) is 0 Å². The molecule has 1 amide bonds. The second-order valence-electron chi connectivity index (χ2n) is 5.47. The van der Waals surface area contributed by atoms with Gasteiger partial charge < -0.3 is 15.4 Å². The van der Waals surface area contributed by atoms with E-state index in [0.717, 1.165) is 12.2 Å². The maximum Gasteiger partial charge on any atom is 0.256 e. The van der Waals surface area contributed by atoms with E-state index in [4.69, 9.17) is 4.74 Å². The monoisotopic (exact) mass is 252 g/mol. The van der Waals surface area contributed by atoms with Crippen molar-refractivity contribution in [3.63, 3.8) is 0 Å². The first-order valence-electron chi connectivity index (χ1n) is 6.16. The summed E-state index contributed by atoms with van der Waals surface area (Å²) in [4.78, 5) is 11.9. The van der Waals surface area contributed by atoms with Gasteiger partial charge in [-0.05, 0) is 0 Å². The van der Waals surface area contributed by atoms with Crippen molar-refractivity contribution in [2.75, 3.05) is 25.0 Å². The van der Waals surface area contributed by atoms with Crippen LogP contribution in [0, 0.1) is 0 Å². The first-order chi connectivity index (χ1) is 8.47. The molecule has 1 aliphatic heterocycles. The number of rotatable bonds is 2. The number of aromatic nitrogens is 2. The molecular formula is C12H20N4O2. The Hall–Kier alpha value is -1.40. The molecule has 0 aromatic carbocycles. The zero-order chi connectivity index (χ0) is 13.2. The van der Waals surface area contributed by atoms with E-state index in [2.05, 4.69) is 41.6 Å². The molecule has 0 saturated carbocycles. The molecule has 1 atom stereocenters. The molecule has 1 aromatic rings. The van der Waals surface area contributed by atoms with Gasteiger partial charge in [-0.15, -0.1) is 0 Å². The van der Waals surface area contributed by atoms with Crippen LogP contribution in [0.4, 0.5) is 5.82 Å². The topological polar surface area (TPSA) is 79.0 Å². The van der Waals surface area contributed by atoms with Crippen LogP contribution < -0.4 is 10.6 Å². The molecule has 0 spiro atoms. The highest BCUT2D eigenvalue weighted by molar-refractivity contribution is 5.93. The lowest BCUT2D eigenvalue weighted by molar-refractivity contribution is -0.128. The summed E-state index contributed by atoms with van der Waals surface area (Å²) in [5.41, 5.74) is 0.972. The van der Waals surface area contributed by atoms with Gasteiger partial charge in [0.05, 0.1) is 6.61 Å². The number of hydrogen-bond acceptors (Lipinski definition) is 4. The number of carbonyl (C=O) groups excluding carboxylic acids is 1. The predicted octanol–water partition coefficient (Wildman–Crippen LogP) is 0.634. The Balaban J connectivity index is 1.96. The first-order valence-corrected chi connectivity index (χ1v) is 6.16. The molecule has 1 unspecified atom stereocenters. The fourth-order valence-electron chi connectivity index (χ4n) is 1.71. The van der Waals surface area contributed by atoms with Gasteiger partial charge in [0.15, 0.2) is 5.82 Å². The zero-order valence-electron chi connectivity index (χ0n) is 11.0. The molecule has 0 radical (unpaired) electrons. The molecular weight excluding hydrogens is 232 g/mol. The summed E-state index contributed by atoms with van der Waals surface area (Å²) in [6, 6.07) is 1.86. The highest BCUT2D eigenvalue weighted by Crippen LogP contribution is 2.21.